The molecular weight excluding hydrogens is 481 g/mol. The number of carbonyl (C=O) groups excluding carboxylic acids is 1. The zero-order valence-electron chi connectivity index (χ0n) is 16.8. The highest BCUT2D eigenvalue weighted by molar-refractivity contribution is 14.0. The third-order valence-corrected chi connectivity index (χ3v) is 4.68. The normalized spacial score (nSPS) is 14.1. The van der Waals surface area contributed by atoms with E-state index in [1.807, 2.05) is 48.5 Å². The van der Waals surface area contributed by atoms with Crippen LogP contribution in [0.2, 0.25) is 0 Å². The summed E-state index contributed by atoms with van der Waals surface area (Å²) < 4.78 is 5.47. The van der Waals surface area contributed by atoms with E-state index >= 15 is 0 Å². The van der Waals surface area contributed by atoms with Gasteiger partial charge >= 0.3 is 0 Å². The SMILES string of the molecule is CN=C(NCC(=O)Nc1ccccc1)N1CCN(c2ccccc2OC)CC1.I. The Morgan fingerprint density at radius 3 is 2.34 bits per heavy atom. The molecule has 29 heavy (non-hydrogen) atoms. The van der Waals surface area contributed by atoms with Gasteiger partial charge in [0.2, 0.25) is 5.91 Å². The molecule has 0 atom stereocenters. The average Bonchev–Trinajstić information content (AvgIpc) is 2.75. The minimum atomic E-state index is -0.0972. The predicted octanol–water partition coefficient (Wildman–Crippen LogP) is 2.65. The highest BCUT2D eigenvalue weighted by atomic mass is 127. The minimum Gasteiger partial charge on any atom is -0.495 e. The molecule has 2 aromatic carbocycles. The van der Waals surface area contributed by atoms with Gasteiger partial charge in [-0.1, -0.05) is 30.3 Å². The second-order valence-corrected chi connectivity index (χ2v) is 6.46. The van der Waals surface area contributed by atoms with E-state index in [1.165, 1.54) is 0 Å². The molecule has 1 fully saturated rings. The molecule has 0 radical (unpaired) electrons. The molecule has 7 nitrogen and oxygen atoms in total. The van der Waals surface area contributed by atoms with Gasteiger partial charge in [-0.15, -0.1) is 24.0 Å². The first kappa shape index (κ1) is 22.8. The van der Waals surface area contributed by atoms with Crippen molar-refractivity contribution in [1.29, 1.82) is 0 Å². The van der Waals surface area contributed by atoms with Crippen molar-refractivity contribution >= 4 is 47.2 Å². The summed E-state index contributed by atoms with van der Waals surface area (Å²) in [6.07, 6.45) is 0. The highest BCUT2D eigenvalue weighted by Crippen LogP contribution is 2.28. The number of anilines is 2. The van der Waals surface area contributed by atoms with Gasteiger partial charge in [0.05, 0.1) is 19.3 Å². The van der Waals surface area contributed by atoms with Crippen LogP contribution in [0, 0.1) is 0 Å². The number of guanidine groups is 1. The van der Waals surface area contributed by atoms with Crippen LogP contribution in [0.25, 0.3) is 0 Å². The van der Waals surface area contributed by atoms with Crippen LogP contribution in [0.1, 0.15) is 0 Å². The van der Waals surface area contributed by atoms with Crippen LogP contribution in [-0.2, 0) is 4.79 Å². The van der Waals surface area contributed by atoms with Crippen LogP contribution in [0.5, 0.6) is 5.75 Å². The standard InChI is InChI=1S/C21H27N5O2.HI/c1-22-21(23-16-20(27)24-17-8-4-3-5-9-17)26-14-12-25(13-15-26)18-10-6-7-11-19(18)28-2;/h3-11H,12-16H2,1-2H3,(H,22,23)(H,24,27);1H. The van der Waals surface area contributed by atoms with E-state index < -0.39 is 0 Å². The largest absolute Gasteiger partial charge is 0.495 e. The van der Waals surface area contributed by atoms with Crippen molar-refractivity contribution in [1.82, 2.24) is 10.2 Å². The van der Waals surface area contributed by atoms with Crippen LogP contribution >= 0.6 is 24.0 Å². The van der Waals surface area contributed by atoms with Crippen molar-refractivity contribution in [3.8, 4) is 5.75 Å². The Balaban J connectivity index is 0.00000300. The molecule has 0 spiro atoms. The summed E-state index contributed by atoms with van der Waals surface area (Å²) in [6.45, 7) is 3.53. The lowest BCUT2D eigenvalue weighted by molar-refractivity contribution is -0.115. The Bertz CT molecular complexity index is 808. The lowest BCUT2D eigenvalue weighted by Gasteiger charge is -2.38. The number of ether oxygens (including phenoxy) is 1. The van der Waals surface area contributed by atoms with Gasteiger partial charge in [0.15, 0.2) is 5.96 Å². The van der Waals surface area contributed by atoms with E-state index in [0.717, 1.165) is 49.3 Å². The van der Waals surface area contributed by atoms with Gasteiger partial charge in [0.25, 0.3) is 0 Å². The molecule has 1 heterocycles. The van der Waals surface area contributed by atoms with Gasteiger partial charge in [-0.05, 0) is 24.3 Å². The van der Waals surface area contributed by atoms with E-state index in [1.54, 1.807) is 14.2 Å². The Kier molecular flexibility index (Phi) is 9.04. The molecule has 0 aromatic heterocycles. The topological polar surface area (TPSA) is 69.2 Å². The number of nitrogens with zero attached hydrogens (tertiary/aromatic N) is 3. The zero-order chi connectivity index (χ0) is 19.8. The number of rotatable bonds is 5. The number of carbonyl (C=O) groups is 1. The molecule has 0 saturated carbocycles. The molecular formula is C21H28IN5O2. The van der Waals surface area contributed by atoms with Crippen LogP contribution < -0.4 is 20.3 Å². The Morgan fingerprint density at radius 2 is 1.69 bits per heavy atom. The van der Waals surface area contributed by atoms with Gasteiger partial charge in [-0.2, -0.15) is 0 Å². The van der Waals surface area contributed by atoms with Crippen molar-refractivity contribution in [2.75, 3.05) is 57.1 Å². The smallest absolute Gasteiger partial charge is 0.243 e. The van der Waals surface area contributed by atoms with Crippen molar-refractivity contribution in [2.24, 2.45) is 4.99 Å². The van der Waals surface area contributed by atoms with Crippen LogP contribution in [0.15, 0.2) is 59.6 Å². The number of aliphatic imine (C=N–C) groups is 1. The number of hydrogen-bond donors (Lipinski definition) is 2. The number of methoxy groups -OCH3 is 1. The fourth-order valence-electron chi connectivity index (χ4n) is 3.27. The summed E-state index contributed by atoms with van der Waals surface area (Å²) in [7, 11) is 3.44. The summed E-state index contributed by atoms with van der Waals surface area (Å²) in [5.74, 6) is 1.53. The van der Waals surface area contributed by atoms with Crippen LogP contribution in [0.4, 0.5) is 11.4 Å². The molecule has 1 amide bonds. The molecule has 0 unspecified atom stereocenters. The average molecular weight is 509 g/mol. The van der Waals surface area contributed by atoms with E-state index in [9.17, 15) is 4.79 Å². The fourth-order valence-corrected chi connectivity index (χ4v) is 3.27. The van der Waals surface area contributed by atoms with Gasteiger partial charge < -0.3 is 25.2 Å². The van der Waals surface area contributed by atoms with Gasteiger partial charge in [-0.3, -0.25) is 9.79 Å². The number of halogens is 1. The maximum atomic E-state index is 12.2. The van der Waals surface area contributed by atoms with Crippen LogP contribution in [-0.4, -0.2) is 63.6 Å². The number of nitrogens with one attached hydrogen (secondary N) is 2. The maximum Gasteiger partial charge on any atom is 0.243 e. The summed E-state index contributed by atoms with van der Waals surface area (Å²) in [6, 6.07) is 17.5. The first-order valence-electron chi connectivity index (χ1n) is 9.39. The second kappa shape index (κ2) is 11.5. The number of amides is 1. The number of para-hydroxylation sites is 3. The molecule has 0 aliphatic carbocycles. The third kappa shape index (κ3) is 6.25. The van der Waals surface area contributed by atoms with Crippen molar-refractivity contribution in [3.63, 3.8) is 0 Å². The zero-order valence-corrected chi connectivity index (χ0v) is 19.1. The van der Waals surface area contributed by atoms with Gasteiger partial charge in [0, 0.05) is 38.9 Å². The molecule has 8 heteroatoms. The number of hydrogen-bond acceptors (Lipinski definition) is 4. The molecule has 1 saturated heterocycles. The maximum absolute atomic E-state index is 12.2. The van der Waals surface area contributed by atoms with Gasteiger partial charge in [0.1, 0.15) is 5.75 Å². The first-order chi connectivity index (χ1) is 13.7. The molecule has 156 valence electrons. The first-order valence-corrected chi connectivity index (χ1v) is 9.39. The molecule has 0 bridgehead atoms. The highest BCUT2D eigenvalue weighted by Gasteiger charge is 2.21. The van der Waals surface area contributed by atoms with Crippen molar-refractivity contribution in [3.05, 3.63) is 54.6 Å². The van der Waals surface area contributed by atoms with Crippen molar-refractivity contribution < 1.29 is 9.53 Å². The second-order valence-electron chi connectivity index (χ2n) is 6.46. The molecule has 1 aliphatic heterocycles. The van der Waals surface area contributed by atoms with E-state index in [2.05, 4.69) is 31.5 Å². The Labute approximate surface area is 189 Å². The van der Waals surface area contributed by atoms with E-state index in [4.69, 9.17) is 4.74 Å². The number of benzene rings is 2. The predicted molar refractivity (Wildman–Crippen MR) is 129 cm³/mol. The monoisotopic (exact) mass is 509 g/mol. The summed E-state index contributed by atoms with van der Waals surface area (Å²) >= 11 is 0. The van der Waals surface area contributed by atoms with E-state index in [-0.39, 0.29) is 36.4 Å². The molecule has 1 aliphatic rings. The molecule has 3 rings (SSSR count). The molecule has 2 aromatic rings. The minimum absolute atomic E-state index is 0. The fraction of sp³-hybridized carbons (Fsp3) is 0.333. The quantitative estimate of drug-likeness (QED) is 0.369. The number of piperazine rings is 1. The van der Waals surface area contributed by atoms with Crippen LogP contribution in [0.3, 0.4) is 0 Å². The Morgan fingerprint density at radius 1 is 1.03 bits per heavy atom. The molecule has 2 N–H and O–H groups in total. The lowest BCUT2D eigenvalue weighted by Crippen LogP contribution is -2.53. The Hall–Kier alpha value is -2.49. The summed E-state index contributed by atoms with van der Waals surface area (Å²) in [5, 5.41) is 6.03. The lowest BCUT2D eigenvalue weighted by atomic mass is 10.2. The summed E-state index contributed by atoms with van der Waals surface area (Å²) in [5.41, 5.74) is 1.89. The van der Waals surface area contributed by atoms with E-state index in [0.29, 0.717) is 0 Å². The van der Waals surface area contributed by atoms with Crippen molar-refractivity contribution in [2.45, 2.75) is 0 Å². The van der Waals surface area contributed by atoms with Gasteiger partial charge in [-0.25, -0.2) is 0 Å². The summed E-state index contributed by atoms with van der Waals surface area (Å²) in [4.78, 5) is 21.0. The third-order valence-electron chi connectivity index (χ3n) is 4.68.